The molecule has 0 spiro atoms. The minimum Gasteiger partial charge on any atom is -0.448 e. The summed E-state index contributed by atoms with van der Waals surface area (Å²) in [6.07, 6.45) is 2.98. The zero-order valence-electron chi connectivity index (χ0n) is 14.5. The van der Waals surface area contributed by atoms with Crippen molar-refractivity contribution >= 4 is 34.6 Å². The average molecular weight is 392 g/mol. The van der Waals surface area contributed by atoms with E-state index in [9.17, 15) is 24.1 Å². The number of amides is 1. The first kappa shape index (κ1) is 19.0. The van der Waals surface area contributed by atoms with Crippen molar-refractivity contribution in [3.8, 4) is 0 Å². The summed E-state index contributed by atoms with van der Waals surface area (Å²) >= 11 is 1.38. The number of nitro groups is 1. The number of fused-ring (bicyclic) bond motifs is 1. The van der Waals surface area contributed by atoms with E-state index in [1.54, 1.807) is 0 Å². The van der Waals surface area contributed by atoms with Gasteiger partial charge in [-0.1, -0.05) is 0 Å². The number of carbonyl (C=O) groups excluding carboxylic acids is 2. The van der Waals surface area contributed by atoms with Gasteiger partial charge in [-0.15, -0.1) is 11.3 Å². The topological polar surface area (TPSA) is 98.5 Å². The molecule has 0 bridgehead atoms. The van der Waals surface area contributed by atoms with Crippen molar-refractivity contribution in [2.24, 2.45) is 0 Å². The molecule has 142 valence electrons. The number of nitro benzene ring substituents is 1. The van der Waals surface area contributed by atoms with E-state index in [-0.39, 0.29) is 5.69 Å². The fourth-order valence-corrected chi connectivity index (χ4v) is 3.97. The maximum absolute atomic E-state index is 13.4. The standard InChI is InChI=1S/C18H17FN2O5S/c1-10(17(22)20-12-6-7-13(19)14(9-12)21(24)25)26-18(23)16-8-11-4-2-3-5-15(11)27-16/h6-10H,2-5H2,1H3,(H,20,22)/t10-/m0/s1. The molecule has 1 aliphatic carbocycles. The Labute approximate surface area is 158 Å². The molecule has 27 heavy (non-hydrogen) atoms. The monoisotopic (exact) mass is 392 g/mol. The van der Waals surface area contributed by atoms with Crippen LogP contribution in [0.5, 0.6) is 0 Å². The summed E-state index contributed by atoms with van der Waals surface area (Å²) in [4.78, 5) is 36.0. The number of nitrogens with zero attached hydrogens (tertiary/aromatic N) is 1. The van der Waals surface area contributed by atoms with Crippen LogP contribution in [0.15, 0.2) is 24.3 Å². The van der Waals surface area contributed by atoms with Crippen LogP contribution < -0.4 is 5.32 Å². The number of rotatable bonds is 5. The highest BCUT2D eigenvalue weighted by Crippen LogP contribution is 2.30. The molecule has 1 N–H and O–H groups in total. The molecule has 1 heterocycles. The molecule has 9 heteroatoms. The maximum atomic E-state index is 13.4. The molecule has 2 aromatic rings. The second-order valence-electron chi connectivity index (χ2n) is 6.23. The van der Waals surface area contributed by atoms with E-state index in [1.807, 2.05) is 6.07 Å². The molecule has 7 nitrogen and oxygen atoms in total. The van der Waals surface area contributed by atoms with Crippen LogP contribution >= 0.6 is 11.3 Å². The molecule has 0 saturated heterocycles. The van der Waals surface area contributed by atoms with Crippen LogP contribution in [-0.2, 0) is 22.4 Å². The molecule has 1 atom stereocenters. The molecule has 3 rings (SSSR count). The van der Waals surface area contributed by atoms with Crippen molar-refractivity contribution in [3.05, 3.63) is 55.5 Å². The van der Waals surface area contributed by atoms with E-state index in [0.29, 0.717) is 4.88 Å². The molecule has 0 fully saturated rings. The number of nitrogens with one attached hydrogen (secondary N) is 1. The SMILES string of the molecule is C[C@H](OC(=O)c1cc2c(s1)CCCC2)C(=O)Nc1ccc(F)c([N+](=O)[O-])c1. The number of hydrogen-bond acceptors (Lipinski definition) is 6. The van der Waals surface area contributed by atoms with Crippen molar-refractivity contribution in [3.63, 3.8) is 0 Å². The number of halogens is 1. The van der Waals surface area contributed by atoms with Crippen molar-refractivity contribution in [2.75, 3.05) is 5.32 Å². The van der Waals surface area contributed by atoms with E-state index < -0.39 is 34.4 Å². The van der Waals surface area contributed by atoms with Gasteiger partial charge in [0.15, 0.2) is 6.10 Å². The summed E-state index contributed by atoms with van der Waals surface area (Å²) in [7, 11) is 0. The highest BCUT2D eigenvalue weighted by Gasteiger charge is 2.23. The van der Waals surface area contributed by atoms with Crippen molar-refractivity contribution < 1.29 is 23.6 Å². The Balaban J connectivity index is 1.63. The summed E-state index contributed by atoms with van der Waals surface area (Å²) in [6.45, 7) is 1.40. The molecule has 1 amide bonds. The second kappa shape index (κ2) is 7.83. The van der Waals surface area contributed by atoms with Crippen molar-refractivity contribution in [1.82, 2.24) is 0 Å². The number of benzene rings is 1. The Morgan fingerprint density at radius 1 is 1.30 bits per heavy atom. The first-order chi connectivity index (χ1) is 12.8. The number of carbonyl (C=O) groups is 2. The number of anilines is 1. The molecule has 1 aromatic carbocycles. The van der Waals surface area contributed by atoms with Gasteiger partial charge < -0.3 is 10.1 Å². The highest BCUT2D eigenvalue weighted by molar-refractivity contribution is 7.14. The molecule has 0 saturated carbocycles. The molecular formula is C18H17FN2O5S. The van der Waals surface area contributed by atoms with E-state index in [0.717, 1.165) is 43.4 Å². The van der Waals surface area contributed by atoms with Crippen LogP contribution in [-0.4, -0.2) is 22.9 Å². The molecule has 1 aliphatic rings. The van der Waals surface area contributed by atoms with Gasteiger partial charge in [0.05, 0.1) is 4.92 Å². The number of ether oxygens (including phenoxy) is 1. The zero-order chi connectivity index (χ0) is 19.6. The summed E-state index contributed by atoms with van der Waals surface area (Å²) in [6, 6.07) is 4.81. The first-order valence-electron chi connectivity index (χ1n) is 8.42. The highest BCUT2D eigenvalue weighted by atomic mass is 32.1. The normalized spacial score (nSPS) is 14.1. The molecule has 0 radical (unpaired) electrons. The number of esters is 1. The van der Waals surface area contributed by atoms with Gasteiger partial charge in [0.2, 0.25) is 5.82 Å². The summed E-state index contributed by atoms with van der Waals surface area (Å²) < 4.78 is 18.6. The van der Waals surface area contributed by atoms with Crippen molar-refractivity contribution in [2.45, 2.75) is 38.7 Å². The lowest BCUT2D eigenvalue weighted by molar-refractivity contribution is -0.387. The Hall–Kier alpha value is -2.81. The maximum Gasteiger partial charge on any atom is 0.349 e. The Bertz CT molecular complexity index is 888. The van der Waals surface area contributed by atoms with E-state index in [1.165, 1.54) is 29.2 Å². The predicted molar refractivity (Wildman–Crippen MR) is 97.5 cm³/mol. The van der Waals surface area contributed by atoms with E-state index >= 15 is 0 Å². The molecule has 0 aliphatic heterocycles. The summed E-state index contributed by atoms with van der Waals surface area (Å²) in [5.41, 5.74) is 0.457. The number of aryl methyl sites for hydroxylation is 2. The van der Waals surface area contributed by atoms with Crippen LogP contribution in [0.25, 0.3) is 0 Å². The van der Waals surface area contributed by atoms with E-state index in [2.05, 4.69) is 5.32 Å². The Morgan fingerprint density at radius 2 is 2.04 bits per heavy atom. The zero-order valence-corrected chi connectivity index (χ0v) is 15.3. The first-order valence-corrected chi connectivity index (χ1v) is 9.24. The second-order valence-corrected chi connectivity index (χ2v) is 7.36. The molecular weight excluding hydrogens is 375 g/mol. The van der Waals surface area contributed by atoms with Gasteiger partial charge in [-0.25, -0.2) is 4.79 Å². The molecule has 1 aromatic heterocycles. The largest absolute Gasteiger partial charge is 0.448 e. The van der Waals surface area contributed by atoms with E-state index in [4.69, 9.17) is 4.74 Å². The lowest BCUT2D eigenvalue weighted by atomic mass is 9.99. The lowest BCUT2D eigenvalue weighted by Gasteiger charge is -2.13. The average Bonchev–Trinajstić information content (AvgIpc) is 3.07. The quantitative estimate of drug-likeness (QED) is 0.473. The van der Waals surface area contributed by atoms with Gasteiger partial charge in [0.1, 0.15) is 4.88 Å². The fraction of sp³-hybridized carbons (Fsp3) is 0.333. The molecule has 0 unspecified atom stereocenters. The van der Waals surface area contributed by atoms with Crippen LogP contribution in [0.2, 0.25) is 0 Å². The van der Waals surface area contributed by atoms with Gasteiger partial charge in [-0.3, -0.25) is 14.9 Å². The van der Waals surface area contributed by atoms with Crippen LogP contribution in [0.4, 0.5) is 15.8 Å². The van der Waals surface area contributed by atoms with Crippen LogP contribution in [0.1, 0.15) is 39.9 Å². The fourth-order valence-electron chi connectivity index (χ4n) is 2.84. The Kier molecular flexibility index (Phi) is 5.50. The number of hydrogen-bond donors (Lipinski definition) is 1. The minimum atomic E-state index is -1.11. The lowest BCUT2D eigenvalue weighted by Crippen LogP contribution is -2.29. The smallest absolute Gasteiger partial charge is 0.349 e. The van der Waals surface area contributed by atoms with Gasteiger partial charge in [0, 0.05) is 16.6 Å². The van der Waals surface area contributed by atoms with Gasteiger partial charge in [-0.05, 0) is 56.4 Å². The third-order valence-corrected chi connectivity index (χ3v) is 5.48. The summed E-state index contributed by atoms with van der Waals surface area (Å²) in [5.74, 6) is -2.24. The van der Waals surface area contributed by atoms with Crippen LogP contribution in [0.3, 0.4) is 0 Å². The number of thiophene rings is 1. The third kappa shape index (κ3) is 4.30. The Morgan fingerprint density at radius 3 is 2.74 bits per heavy atom. The van der Waals surface area contributed by atoms with Crippen molar-refractivity contribution in [1.29, 1.82) is 0 Å². The van der Waals surface area contributed by atoms with Gasteiger partial charge in [-0.2, -0.15) is 4.39 Å². The van der Waals surface area contributed by atoms with Crippen LogP contribution in [0, 0.1) is 15.9 Å². The van der Waals surface area contributed by atoms with Gasteiger partial charge >= 0.3 is 11.7 Å². The van der Waals surface area contributed by atoms with Gasteiger partial charge in [0.25, 0.3) is 5.91 Å². The minimum absolute atomic E-state index is 0.0441. The summed E-state index contributed by atoms with van der Waals surface area (Å²) in [5, 5.41) is 13.2. The third-order valence-electron chi connectivity index (χ3n) is 4.26. The predicted octanol–water partition coefficient (Wildman–Crippen LogP) is 3.86.